The second kappa shape index (κ2) is 7.24. The van der Waals surface area contributed by atoms with Gasteiger partial charge >= 0.3 is 0 Å². The molecule has 0 saturated heterocycles. The summed E-state index contributed by atoms with van der Waals surface area (Å²) in [5, 5.41) is 7.00. The Morgan fingerprint density at radius 2 is 2.32 bits per heavy atom. The molecule has 1 aromatic rings. The molecule has 0 bridgehead atoms. The van der Waals surface area contributed by atoms with Gasteiger partial charge in [0.15, 0.2) is 5.11 Å². The summed E-state index contributed by atoms with van der Waals surface area (Å²) in [6.45, 7) is 2.93. The van der Waals surface area contributed by atoms with Gasteiger partial charge in [0.25, 0.3) is 0 Å². The van der Waals surface area contributed by atoms with Crippen LogP contribution < -0.4 is 10.6 Å². The molecular formula is C15H21N3S. The molecule has 1 aromatic heterocycles. The highest BCUT2D eigenvalue weighted by Gasteiger charge is 2.04. The Labute approximate surface area is 120 Å². The molecule has 2 rings (SSSR count). The summed E-state index contributed by atoms with van der Waals surface area (Å²) < 4.78 is 0. The van der Waals surface area contributed by atoms with Gasteiger partial charge in [-0.25, -0.2) is 4.98 Å². The maximum absolute atomic E-state index is 5.26. The molecule has 4 heteroatoms. The summed E-state index contributed by atoms with van der Waals surface area (Å²) in [5.74, 6) is 0.800. The number of allylic oxidation sites excluding steroid dienone is 1. The number of thiocarbonyl (C=S) groups is 1. The predicted molar refractivity (Wildman–Crippen MR) is 84.4 cm³/mol. The largest absolute Gasteiger partial charge is 0.362 e. The van der Waals surface area contributed by atoms with Gasteiger partial charge in [-0.1, -0.05) is 11.6 Å². The van der Waals surface area contributed by atoms with Crippen LogP contribution in [0.4, 0.5) is 5.82 Å². The molecule has 0 unspecified atom stereocenters. The second-order valence-electron chi connectivity index (χ2n) is 4.96. The Balaban J connectivity index is 1.71. The number of pyridine rings is 1. The van der Waals surface area contributed by atoms with Crippen molar-refractivity contribution in [1.82, 2.24) is 10.3 Å². The van der Waals surface area contributed by atoms with Crippen molar-refractivity contribution in [1.29, 1.82) is 0 Å². The van der Waals surface area contributed by atoms with Gasteiger partial charge in [-0.15, -0.1) is 0 Å². The number of rotatable bonds is 4. The second-order valence-corrected chi connectivity index (χ2v) is 5.37. The van der Waals surface area contributed by atoms with Crippen LogP contribution >= 0.6 is 12.2 Å². The lowest BCUT2D eigenvalue weighted by molar-refractivity contribution is 0.669. The van der Waals surface area contributed by atoms with Crippen LogP contribution in [-0.4, -0.2) is 16.6 Å². The molecule has 0 fully saturated rings. The first kappa shape index (κ1) is 14.0. The van der Waals surface area contributed by atoms with E-state index in [0.717, 1.165) is 18.8 Å². The van der Waals surface area contributed by atoms with Crippen LogP contribution in [0.3, 0.4) is 0 Å². The van der Waals surface area contributed by atoms with E-state index in [1.807, 2.05) is 19.1 Å². The molecule has 19 heavy (non-hydrogen) atoms. The molecule has 0 atom stereocenters. The number of hydrogen-bond acceptors (Lipinski definition) is 2. The Morgan fingerprint density at radius 1 is 1.42 bits per heavy atom. The maximum atomic E-state index is 5.26. The SMILES string of the molecule is Cc1ccnc(NC(=S)NCCC2=CCCCC2)c1. The van der Waals surface area contributed by atoms with Crippen molar-refractivity contribution in [3.05, 3.63) is 35.5 Å². The first-order valence-corrected chi connectivity index (χ1v) is 7.30. The minimum absolute atomic E-state index is 0.648. The summed E-state index contributed by atoms with van der Waals surface area (Å²) >= 11 is 5.26. The molecule has 2 N–H and O–H groups in total. The number of aryl methyl sites for hydroxylation is 1. The van der Waals surface area contributed by atoms with Crippen molar-refractivity contribution < 1.29 is 0 Å². The highest BCUT2D eigenvalue weighted by molar-refractivity contribution is 7.80. The summed E-state index contributed by atoms with van der Waals surface area (Å²) in [6.07, 6.45) is 10.4. The van der Waals surface area contributed by atoms with Gasteiger partial charge in [-0.2, -0.15) is 0 Å². The minimum atomic E-state index is 0.648. The molecule has 1 heterocycles. The Kier molecular flexibility index (Phi) is 5.33. The van der Waals surface area contributed by atoms with Gasteiger partial charge < -0.3 is 10.6 Å². The Morgan fingerprint density at radius 3 is 3.05 bits per heavy atom. The fraction of sp³-hybridized carbons (Fsp3) is 0.467. The van der Waals surface area contributed by atoms with Crippen LogP contribution in [0.25, 0.3) is 0 Å². The lowest BCUT2D eigenvalue weighted by Crippen LogP contribution is -2.29. The number of nitrogens with one attached hydrogen (secondary N) is 2. The monoisotopic (exact) mass is 275 g/mol. The molecule has 1 aliphatic rings. The fourth-order valence-corrected chi connectivity index (χ4v) is 2.44. The van der Waals surface area contributed by atoms with E-state index in [4.69, 9.17) is 12.2 Å². The molecule has 3 nitrogen and oxygen atoms in total. The predicted octanol–water partition coefficient (Wildman–Crippen LogP) is 3.57. The number of hydrogen-bond donors (Lipinski definition) is 2. The van der Waals surface area contributed by atoms with Crippen molar-refractivity contribution in [2.45, 2.75) is 39.0 Å². The lowest BCUT2D eigenvalue weighted by atomic mass is 9.97. The van der Waals surface area contributed by atoms with E-state index in [1.165, 1.54) is 31.2 Å². The van der Waals surface area contributed by atoms with Crippen molar-refractivity contribution >= 4 is 23.1 Å². The van der Waals surface area contributed by atoms with E-state index in [9.17, 15) is 0 Å². The van der Waals surface area contributed by atoms with Gasteiger partial charge in [0.05, 0.1) is 0 Å². The first-order valence-electron chi connectivity index (χ1n) is 6.89. The highest BCUT2D eigenvalue weighted by atomic mass is 32.1. The zero-order valence-electron chi connectivity index (χ0n) is 11.4. The average Bonchev–Trinajstić information content (AvgIpc) is 2.40. The smallest absolute Gasteiger partial charge is 0.171 e. The van der Waals surface area contributed by atoms with E-state index in [-0.39, 0.29) is 0 Å². The quantitative estimate of drug-likeness (QED) is 0.650. The third-order valence-electron chi connectivity index (χ3n) is 3.27. The molecule has 0 amide bonds. The van der Waals surface area contributed by atoms with Crippen molar-refractivity contribution in [3.63, 3.8) is 0 Å². The number of nitrogens with zero attached hydrogens (tertiary/aromatic N) is 1. The van der Waals surface area contributed by atoms with Crippen LogP contribution in [0.2, 0.25) is 0 Å². The molecule has 0 radical (unpaired) electrons. The standard InChI is InChI=1S/C15H21N3S/c1-12-7-9-16-14(11-12)18-15(19)17-10-8-13-5-3-2-4-6-13/h5,7,9,11H,2-4,6,8,10H2,1H3,(H2,16,17,18,19). The van der Waals surface area contributed by atoms with Gasteiger partial charge in [-0.3, -0.25) is 0 Å². The summed E-state index contributed by atoms with van der Waals surface area (Å²) in [6, 6.07) is 3.95. The van der Waals surface area contributed by atoms with Crippen LogP contribution in [-0.2, 0) is 0 Å². The van der Waals surface area contributed by atoms with Crippen molar-refractivity contribution in [2.75, 3.05) is 11.9 Å². The van der Waals surface area contributed by atoms with E-state index in [2.05, 4.69) is 21.7 Å². The zero-order chi connectivity index (χ0) is 13.5. The maximum Gasteiger partial charge on any atom is 0.171 e. The average molecular weight is 275 g/mol. The molecule has 0 saturated carbocycles. The molecule has 0 aliphatic heterocycles. The van der Waals surface area contributed by atoms with Gasteiger partial charge in [-0.05, 0) is 68.9 Å². The lowest BCUT2D eigenvalue weighted by Gasteiger charge is -2.14. The van der Waals surface area contributed by atoms with E-state index in [0.29, 0.717) is 5.11 Å². The van der Waals surface area contributed by atoms with E-state index < -0.39 is 0 Å². The van der Waals surface area contributed by atoms with Gasteiger partial charge in [0.1, 0.15) is 5.82 Å². The topological polar surface area (TPSA) is 37.0 Å². The molecule has 0 aromatic carbocycles. The Bertz CT molecular complexity index is 468. The van der Waals surface area contributed by atoms with Crippen LogP contribution in [0, 0.1) is 6.92 Å². The minimum Gasteiger partial charge on any atom is -0.362 e. The van der Waals surface area contributed by atoms with Crippen molar-refractivity contribution in [3.8, 4) is 0 Å². The van der Waals surface area contributed by atoms with Crippen LogP contribution in [0.5, 0.6) is 0 Å². The molecule has 1 aliphatic carbocycles. The van der Waals surface area contributed by atoms with Crippen LogP contribution in [0.1, 0.15) is 37.7 Å². The Hall–Kier alpha value is -1.42. The normalized spacial score (nSPS) is 14.7. The van der Waals surface area contributed by atoms with E-state index in [1.54, 1.807) is 11.8 Å². The highest BCUT2D eigenvalue weighted by Crippen LogP contribution is 2.19. The summed E-state index contributed by atoms with van der Waals surface area (Å²) in [5.41, 5.74) is 2.74. The zero-order valence-corrected chi connectivity index (χ0v) is 12.2. The number of aromatic nitrogens is 1. The van der Waals surface area contributed by atoms with Crippen LogP contribution in [0.15, 0.2) is 30.0 Å². The summed E-state index contributed by atoms with van der Waals surface area (Å²) in [7, 11) is 0. The molecular weight excluding hydrogens is 254 g/mol. The first-order chi connectivity index (χ1) is 9.24. The van der Waals surface area contributed by atoms with Gasteiger partial charge in [0, 0.05) is 12.7 Å². The number of anilines is 1. The van der Waals surface area contributed by atoms with Gasteiger partial charge in [0.2, 0.25) is 0 Å². The van der Waals surface area contributed by atoms with Crippen molar-refractivity contribution in [2.24, 2.45) is 0 Å². The third-order valence-corrected chi connectivity index (χ3v) is 3.52. The molecule has 102 valence electrons. The third kappa shape index (κ3) is 4.99. The van der Waals surface area contributed by atoms with E-state index >= 15 is 0 Å². The summed E-state index contributed by atoms with van der Waals surface area (Å²) in [4.78, 5) is 4.23. The fourth-order valence-electron chi connectivity index (χ4n) is 2.23. The molecule has 0 spiro atoms.